The van der Waals surface area contributed by atoms with Gasteiger partial charge in [-0.1, -0.05) is 13.8 Å². The molecule has 5 rings (SSSR count). The van der Waals surface area contributed by atoms with Crippen molar-refractivity contribution in [3.8, 4) is 0 Å². The van der Waals surface area contributed by atoms with E-state index in [0.29, 0.717) is 6.54 Å². The minimum atomic E-state index is -0.450. The van der Waals surface area contributed by atoms with E-state index in [1.165, 1.54) is 19.3 Å². The van der Waals surface area contributed by atoms with E-state index in [1.807, 2.05) is 24.6 Å². The number of hydrogen-bond donors (Lipinski definition) is 2. The molecule has 1 atom stereocenters. The van der Waals surface area contributed by atoms with Crippen molar-refractivity contribution in [3.63, 3.8) is 0 Å². The second kappa shape index (κ2) is 7.88. The van der Waals surface area contributed by atoms with Gasteiger partial charge in [0.25, 0.3) is 0 Å². The third kappa shape index (κ3) is 3.96. The van der Waals surface area contributed by atoms with Gasteiger partial charge >= 0.3 is 0 Å². The maximum absolute atomic E-state index is 13.3. The molecule has 0 radical (unpaired) electrons. The molecule has 4 saturated carbocycles. The van der Waals surface area contributed by atoms with Crippen molar-refractivity contribution in [2.45, 2.75) is 71.4 Å². The van der Waals surface area contributed by atoms with Gasteiger partial charge in [0, 0.05) is 30.9 Å². The summed E-state index contributed by atoms with van der Waals surface area (Å²) in [7, 11) is 0. The van der Waals surface area contributed by atoms with Gasteiger partial charge in [-0.25, -0.2) is 4.98 Å². The summed E-state index contributed by atoms with van der Waals surface area (Å²) in [5.74, 6) is 2.34. The van der Waals surface area contributed by atoms with Crippen LogP contribution < -0.4 is 10.6 Å². The van der Waals surface area contributed by atoms with Crippen LogP contribution >= 0.6 is 0 Å². The first-order valence-corrected chi connectivity index (χ1v) is 11.0. The Morgan fingerprint density at radius 1 is 1.14 bits per heavy atom. The zero-order valence-electron chi connectivity index (χ0n) is 17.2. The molecule has 0 spiro atoms. The van der Waals surface area contributed by atoms with Gasteiger partial charge in [-0.15, -0.1) is 0 Å². The lowest BCUT2D eigenvalue weighted by Crippen LogP contribution is -2.58. The van der Waals surface area contributed by atoms with Crippen molar-refractivity contribution >= 4 is 11.8 Å². The SMILES string of the molecule is CC(C)C(NC(=O)C12CC3CC(CC(C3)C1)C2)C(=O)NCCCn1ccnc1. The highest BCUT2D eigenvalue weighted by Gasteiger charge is 2.55. The number of carbonyl (C=O) groups excluding carboxylic acids is 2. The summed E-state index contributed by atoms with van der Waals surface area (Å²) in [6.07, 6.45) is 13.3. The Labute approximate surface area is 167 Å². The molecule has 1 unspecified atom stereocenters. The average molecular weight is 387 g/mol. The standard InChI is InChI=1S/C22H34N4O2/c1-15(2)19(20(27)24-4-3-6-26-7-5-23-14-26)25-21(28)22-11-16-8-17(12-22)10-18(9-16)13-22/h5,7,14-19H,3-4,6,8-13H2,1-2H3,(H,24,27)(H,25,28). The van der Waals surface area contributed by atoms with Gasteiger partial charge in [-0.2, -0.15) is 0 Å². The van der Waals surface area contributed by atoms with E-state index in [-0.39, 0.29) is 23.1 Å². The van der Waals surface area contributed by atoms with Crippen LogP contribution in [0.4, 0.5) is 0 Å². The van der Waals surface area contributed by atoms with Crippen molar-refractivity contribution in [1.29, 1.82) is 0 Å². The Morgan fingerprint density at radius 2 is 1.79 bits per heavy atom. The number of carbonyl (C=O) groups is 2. The normalized spacial score (nSPS) is 31.8. The topological polar surface area (TPSA) is 76.0 Å². The Balaban J connectivity index is 1.31. The van der Waals surface area contributed by atoms with Gasteiger partial charge in [0.15, 0.2) is 0 Å². The van der Waals surface area contributed by atoms with Crippen molar-refractivity contribution in [2.75, 3.05) is 6.54 Å². The van der Waals surface area contributed by atoms with Crippen LogP contribution in [-0.2, 0) is 16.1 Å². The number of nitrogens with one attached hydrogen (secondary N) is 2. The summed E-state index contributed by atoms with van der Waals surface area (Å²) in [4.78, 5) is 30.1. The summed E-state index contributed by atoms with van der Waals surface area (Å²) in [6, 6.07) is -0.450. The quantitative estimate of drug-likeness (QED) is 0.675. The summed E-state index contributed by atoms with van der Waals surface area (Å²) in [6.45, 7) is 5.45. The molecule has 0 aliphatic heterocycles. The third-order valence-corrected chi connectivity index (χ3v) is 7.21. The zero-order chi connectivity index (χ0) is 19.7. The third-order valence-electron chi connectivity index (χ3n) is 7.21. The Morgan fingerprint density at radius 3 is 2.32 bits per heavy atom. The molecule has 1 aromatic rings. The molecule has 154 valence electrons. The molecule has 2 N–H and O–H groups in total. The number of aromatic nitrogens is 2. The minimum absolute atomic E-state index is 0.0568. The smallest absolute Gasteiger partial charge is 0.242 e. The van der Waals surface area contributed by atoms with E-state index < -0.39 is 6.04 Å². The van der Waals surface area contributed by atoms with Crippen molar-refractivity contribution in [3.05, 3.63) is 18.7 Å². The lowest BCUT2D eigenvalue weighted by atomic mass is 9.49. The van der Waals surface area contributed by atoms with Crippen LogP contribution in [0.5, 0.6) is 0 Å². The van der Waals surface area contributed by atoms with Crippen LogP contribution in [-0.4, -0.2) is 34.0 Å². The molecular weight excluding hydrogens is 352 g/mol. The Kier molecular flexibility index (Phi) is 5.48. The van der Waals surface area contributed by atoms with Crippen molar-refractivity contribution in [2.24, 2.45) is 29.1 Å². The summed E-state index contributed by atoms with van der Waals surface area (Å²) >= 11 is 0. The molecule has 1 heterocycles. The molecule has 4 aliphatic rings. The van der Waals surface area contributed by atoms with Gasteiger partial charge in [-0.05, 0) is 68.6 Å². The summed E-state index contributed by atoms with van der Waals surface area (Å²) < 4.78 is 2.00. The molecule has 2 amide bonds. The largest absolute Gasteiger partial charge is 0.354 e. The lowest BCUT2D eigenvalue weighted by molar-refractivity contribution is -0.149. The second-order valence-corrected chi connectivity index (χ2v) is 9.84. The van der Waals surface area contributed by atoms with Crippen LogP contribution in [0.3, 0.4) is 0 Å². The highest BCUT2D eigenvalue weighted by Crippen LogP contribution is 2.60. The molecule has 6 nitrogen and oxygen atoms in total. The first-order valence-electron chi connectivity index (χ1n) is 11.0. The fourth-order valence-corrected chi connectivity index (χ4v) is 6.22. The van der Waals surface area contributed by atoms with Crippen LogP contribution in [0.2, 0.25) is 0 Å². The number of aryl methyl sites for hydroxylation is 1. The summed E-state index contributed by atoms with van der Waals surface area (Å²) in [5, 5.41) is 6.18. The maximum Gasteiger partial charge on any atom is 0.242 e. The second-order valence-electron chi connectivity index (χ2n) is 9.84. The van der Waals surface area contributed by atoms with Crippen molar-refractivity contribution < 1.29 is 9.59 Å². The molecule has 0 aromatic carbocycles. The molecular formula is C22H34N4O2. The monoisotopic (exact) mass is 386 g/mol. The van der Waals surface area contributed by atoms with Crippen LogP contribution in [0.15, 0.2) is 18.7 Å². The van der Waals surface area contributed by atoms with Crippen LogP contribution in [0, 0.1) is 29.1 Å². The maximum atomic E-state index is 13.3. The average Bonchev–Trinajstić information content (AvgIpc) is 3.15. The predicted octanol–water partition coefficient (Wildman–Crippen LogP) is 2.75. The minimum Gasteiger partial charge on any atom is -0.354 e. The number of imidazole rings is 1. The number of rotatable bonds is 8. The number of nitrogens with zero attached hydrogens (tertiary/aromatic N) is 2. The van der Waals surface area contributed by atoms with Gasteiger partial charge in [0.2, 0.25) is 11.8 Å². The first-order chi connectivity index (χ1) is 13.4. The van der Waals surface area contributed by atoms with E-state index >= 15 is 0 Å². The van der Waals surface area contributed by atoms with E-state index in [1.54, 1.807) is 12.5 Å². The molecule has 1 aromatic heterocycles. The molecule has 4 aliphatic carbocycles. The number of amides is 2. The molecule has 4 bridgehead atoms. The van der Waals surface area contributed by atoms with E-state index in [4.69, 9.17) is 0 Å². The molecule has 0 saturated heterocycles. The number of hydrogen-bond acceptors (Lipinski definition) is 3. The fourth-order valence-electron chi connectivity index (χ4n) is 6.22. The first kappa shape index (κ1) is 19.5. The lowest BCUT2D eigenvalue weighted by Gasteiger charge is -2.55. The van der Waals surface area contributed by atoms with E-state index in [2.05, 4.69) is 15.6 Å². The van der Waals surface area contributed by atoms with Gasteiger partial charge in [0.1, 0.15) is 6.04 Å². The van der Waals surface area contributed by atoms with Crippen LogP contribution in [0.25, 0.3) is 0 Å². The molecule has 6 heteroatoms. The van der Waals surface area contributed by atoms with Gasteiger partial charge < -0.3 is 15.2 Å². The fraction of sp³-hybridized carbons (Fsp3) is 0.773. The Bertz CT molecular complexity index is 662. The van der Waals surface area contributed by atoms with E-state index in [0.717, 1.165) is 50.0 Å². The highest BCUT2D eigenvalue weighted by atomic mass is 16.2. The predicted molar refractivity (Wildman–Crippen MR) is 107 cm³/mol. The summed E-state index contributed by atoms with van der Waals surface area (Å²) in [5.41, 5.74) is -0.205. The van der Waals surface area contributed by atoms with Crippen LogP contribution in [0.1, 0.15) is 58.8 Å². The highest BCUT2D eigenvalue weighted by molar-refractivity contribution is 5.90. The Hall–Kier alpha value is -1.85. The molecule has 4 fully saturated rings. The zero-order valence-corrected chi connectivity index (χ0v) is 17.2. The molecule has 28 heavy (non-hydrogen) atoms. The van der Waals surface area contributed by atoms with Gasteiger partial charge in [-0.3, -0.25) is 9.59 Å². The van der Waals surface area contributed by atoms with Gasteiger partial charge in [0.05, 0.1) is 6.33 Å². The van der Waals surface area contributed by atoms with E-state index in [9.17, 15) is 9.59 Å². The van der Waals surface area contributed by atoms with Crippen molar-refractivity contribution in [1.82, 2.24) is 20.2 Å².